The number of carbonyl (C=O) groups excluding carboxylic acids is 1. The molecule has 3 rings (SSSR count). The largest absolute Gasteiger partial charge is 0.346 e. The van der Waals surface area contributed by atoms with Crippen LogP contribution in [0.3, 0.4) is 0 Å². The molecule has 4 nitrogen and oxygen atoms in total. The van der Waals surface area contributed by atoms with E-state index in [-0.39, 0.29) is 11.9 Å². The summed E-state index contributed by atoms with van der Waals surface area (Å²) in [6.45, 7) is 1.87. The minimum Gasteiger partial charge on any atom is -0.346 e. The van der Waals surface area contributed by atoms with Crippen LogP contribution in [0.5, 0.6) is 0 Å². The van der Waals surface area contributed by atoms with E-state index in [2.05, 4.69) is 15.3 Å². The van der Waals surface area contributed by atoms with Gasteiger partial charge in [-0.2, -0.15) is 0 Å². The first-order chi connectivity index (χ1) is 10.6. The lowest BCUT2D eigenvalue weighted by molar-refractivity contribution is 0.0941. The number of rotatable bonds is 3. The van der Waals surface area contributed by atoms with Crippen LogP contribution in [0.25, 0.3) is 11.0 Å². The van der Waals surface area contributed by atoms with E-state index < -0.39 is 0 Å². The van der Waals surface area contributed by atoms with Crippen molar-refractivity contribution in [1.82, 2.24) is 15.3 Å². The lowest BCUT2D eigenvalue weighted by Crippen LogP contribution is -2.27. The molecule has 112 valence electrons. The van der Waals surface area contributed by atoms with Crippen LogP contribution in [0.1, 0.15) is 28.9 Å². The maximum absolute atomic E-state index is 12.5. The fraction of sp³-hybridized carbons (Fsp3) is 0.125. The number of nitrogens with zero attached hydrogens (tertiary/aromatic N) is 1. The van der Waals surface area contributed by atoms with E-state index in [1.807, 2.05) is 13.0 Å². The zero-order valence-corrected chi connectivity index (χ0v) is 13.2. The second-order valence-electron chi connectivity index (χ2n) is 4.96. The van der Waals surface area contributed by atoms with Crippen molar-refractivity contribution in [3.8, 4) is 0 Å². The van der Waals surface area contributed by atoms with Gasteiger partial charge >= 0.3 is 0 Å². The van der Waals surface area contributed by atoms with Gasteiger partial charge in [-0.05, 0) is 42.8 Å². The number of benzene rings is 1. The quantitative estimate of drug-likeness (QED) is 0.748. The van der Waals surface area contributed by atoms with E-state index in [0.717, 1.165) is 10.9 Å². The third-order valence-electron chi connectivity index (χ3n) is 3.48. The summed E-state index contributed by atoms with van der Waals surface area (Å²) in [6, 6.07) is 8.45. The van der Waals surface area contributed by atoms with Gasteiger partial charge in [-0.1, -0.05) is 23.2 Å². The van der Waals surface area contributed by atoms with Gasteiger partial charge in [0.25, 0.3) is 5.91 Å². The predicted molar refractivity (Wildman–Crippen MR) is 88.4 cm³/mol. The number of pyridine rings is 1. The maximum atomic E-state index is 12.5. The summed E-state index contributed by atoms with van der Waals surface area (Å²) in [7, 11) is 0. The number of nitrogens with one attached hydrogen (secondary N) is 2. The van der Waals surface area contributed by atoms with Crippen molar-refractivity contribution in [2.24, 2.45) is 0 Å². The Hall–Kier alpha value is -2.04. The molecule has 0 radical (unpaired) electrons. The molecule has 0 saturated carbocycles. The number of hydrogen-bond donors (Lipinski definition) is 2. The summed E-state index contributed by atoms with van der Waals surface area (Å²) < 4.78 is 0. The first kappa shape index (κ1) is 14.9. The SMILES string of the molecule is CC(NC(=O)c1ccnc2[nH]ccc12)c1cc(Cl)ccc1Cl. The summed E-state index contributed by atoms with van der Waals surface area (Å²) in [5.74, 6) is -0.185. The Balaban J connectivity index is 1.88. The number of halogens is 2. The highest BCUT2D eigenvalue weighted by Gasteiger charge is 2.16. The molecule has 2 N–H and O–H groups in total. The molecule has 0 aliphatic rings. The molecule has 0 saturated heterocycles. The number of carbonyl (C=O) groups is 1. The van der Waals surface area contributed by atoms with Crippen molar-refractivity contribution in [3.05, 3.63) is 63.9 Å². The van der Waals surface area contributed by atoms with Crippen LogP contribution in [0, 0.1) is 0 Å². The van der Waals surface area contributed by atoms with Crippen LogP contribution in [-0.2, 0) is 0 Å². The first-order valence-corrected chi connectivity index (χ1v) is 7.50. The molecule has 2 aromatic heterocycles. The number of fused-ring (bicyclic) bond motifs is 1. The number of hydrogen-bond acceptors (Lipinski definition) is 2. The predicted octanol–water partition coefficient (Wildman–Crippen LogP) is 4.36. The Morgan fingerprint density at radius 1 is 1.27 bits per heavy atom. The van der Waals surface area contributed by atoms with E-state index in [4.69, 9.17) is 23.2 Å². The Morgan fingerprint density at radius 3 is 2.91 bits per heavy atom. The van der Waals surface area contributed by atoms with Crippen molar-refractivity contribution in [2.45, 2.75) is 13.0 Å². The lowest BCUT2D eigenvalue weighted by Gasteiger charge is -2.16. The number of amides is 1. The van der Waals surface area contributed by atoms with Crippen molar-refractivity contribution in [2.75, 3.05) is 0 Å². The topological polar surface area (TPSA) is 57.8 Å². The first-order valence-electron chi connectivity index (χ1n) is 6.74. The fourth-order valence-electron chi connectivity index (χ4n) is 2.36. The molecule has 0 fully saturated rings. The van der Waals surface area contributed by atoms with E-state index in [1.54, 1.807) is 36.7 Å². The van der Waals surface area contributed by atoms with Crippen LogP contribution < -0.4 is 5.32 Å². The van der Waals surface area contributed by atoms with E-state index in [9.17, 15) is 4.79 Å². The summed E-state index contributed by atoms with van der Waals surface area (Å²) >= 11 is 12.2. The maximum Gasteiger partial charge on any atom is 0.252 e. The molecule has 1 amide bonds. The molecule has 2 heterocycles. The normalized spacial score (nSPS) is 12.3. The number of aromatic amines is 1. The molecule has 1 atom stereocenters. The molecule has 22 heavy (non-hydrogen) atoms. The van der Waals surface area contributed by atoms with Gasteiger partial charge in [0.2, 0.25) is 0 Å². The average molecular weight is 334 g/mol. The summed E-state index contributed by atoms with van der Waals surface area (Å²) in [5, 5.41) is 4.87. The molecular weight excluding hydrogens is 321 g/mol. The Labute approximate surface area is 137 Å². The van der Waals surface area contributed by atoms with Crippen LogP contribution in [-0.4, -0.2) is 15.9 Å². The molecule has 0 aliphatic carbocycles. The average Bonchev–Trinajstić information content (AvgIpc) is 2.97. The molecule has 0 bridgehead atoms. The van der Waals surface area contributed by atoms with Crippen LogP contribution in [0.15, 0.2) is 42.7 Å². The Kier molecular flexibility index (Phi) is 4.05. The van der Waals surface area contributed by atoms with Gasteiger partial charge in [-0.3, -0.25) is 4.79 Å². The zero-order valence-electron chi connectivity index (χ0n) is 11.7. The Morgan fingerprint density at radius 2 is 2.09 bits per heavy atom. The molecular formula is C16H13Cl2N3O. The molecule has 6 heteroatoms. The summed E-state index contributed by atoms with van der Waals surface area (Å²) in [6.07, 6.45) is 3.36. The molecule has 0 spiro atoms. The van der Waals surface area contributed by atoms with Crippen LogP contribution in [0.4, 0.5) is 0 Å². The smallest absolute Gasteiger partial charge is 0.252 e. The van der Waals surface area contributed by atoms with Crippen molar-refractivity contribution >= 4 is 40.1 Å². The van der Waals surface area contributed by atoms with E-state index in [1.165, 1.54) is 0 Å². The van der Waals surface area contributed by atoms with Gasteiger partial charge in [0.05, 0.1) is 11.6 Å². The van der Waals surface area contributed by atoms with Gasteiger partial charge in [-0.15, -0.1) is 0 Å². The standard InChI is InChI=1S/C16H13Cl2N3O/c1-9(13-8-10(17)2-3-14(13)18)21-16(22)12-5-7-20-15-11(12)4-6-19-15/h2-9H,1H3,(H,19,20)(H,21,22). The molecule has 1 unspecified atom stereocenters. The highest BCUT2D eigenvalue weighted by molar-refractivity contribution is 6.33. The zero-order chi connectivity index (χ0) is 15.7. The van der Waals surface area contributed by atoms with Gasteiger partial charge in [0.1, 0.15) is 5.65 Å². The van der Waals surface area contributed by atoms with Crippen LogP contribution in [0.2, 0.25) is 10.0 Å². The molecule has 0 aliphatic heterocycles. The van der Waals surface area contributed by atoms with Crippen molar-refractivity contribution in [1.29, 1.82) is 0 Å². The van der Waals surface area contributed by atoms with E-state index in [0.29, 0.717) is 21.3 Å². The van der Waals surface area contributed by atoms with Crippen molar-refractivity contribution < 1.29 is 4.79 Å². The summed E-state index contributed by atoms with van der Waals surface area (Å²) in [5.41, 5.74) is 2.03. The van der Waals surface area contributed by atoms with Gasteiger partial charge in [-0.25, -0.2) is 4.98 Å². The lowest BCUT2D eigenvalue weighted by atomic mass is 10.1. The van der Waals surface area contributed by atoms with Crippen molar-refractivity contribution in [3.63, 3.8) is 0 Å². The van der Waals surface area contributed by atoms with Gasteiger partial charge in [0.15, 0.2) is 0 Å². The third-order valence-corrected chi connectivity index (χ3v) is 4.06. The highest BCUT2D eigenvalue weighted by atomic mass is 35.5. The minimum absolute atomic E-state index is 0.185. The third kappa shape index (κ3) is 2.80. The number of H-pyrrole nitrogens is 1. The fourth-order valence-corrected chi connectivity index (χ4v) is 2.82. The second kappa shape index (κ2) is 5.99. The van der Waals surface area contributed by atoms with E-state index >= 15 is 0 Å². The van der Waals surface area contributed by atoms with Gasteiger partial charge in [0, 0.05) is 27.8 Å². The molecule has 3 aromatic rings. The number of aromatic nitrogens is 2. The molecule has 1 aromatic carbocycles. The van der Waals surface area contributed by atoms with Gasteiger partial charge < -0.3 is 10.3 Å². The Bertz CT molecular complexity index is 844. The monoisotopic (exact) mass is 333 g/mol. The minimum atomic E-state index is -0.263. The summed E-state index contributed by atoms with van der Waals surface area (Å²) in [4.78, 5) is 19.7. The second-order valence-corrected chi connectivity index (χ2v) is 5.80. The highest BCUT2D eigenvalue weighted by Crippen LogP contribution is 2.26. The van der Waals surface area contributed by atoms with Crippen LogP contribution >= 0.6 is 23.2 Å².